The minimum Gasteiger partial charge on any atom is -0.349 e. The summed E-state index contributed by atoms with van der Waals surface area (Å²) in [6, 6.07) is 1.39. The summed E-state index contributed by atoms with van der Waals surface area (Å²) in [6.45, 7) is 6.05. The van der Waals surface area contributed by atoms with E-state index in [1.165, 1.54) is 11.4 Å². The Bertz CT molecular complexity index is 520. The molecule has 1 heterocycles. The predicted molar refractivity (Wildman–Crippen MR) is 72.1 cm³/mol. The Kier molecular flexibility index (Phi) is 4.89. The molecule has 0 aliphatic rings. The van der Waals surface area contributed by atoms with Gasteiger partial charge in [0, 0.05) is 11.4 Å². The van der Waals surface area contributed by atoms with Gasteiger partial charge in [-0.3, -0.25) is 4.79 Å². The zero-order valence-corrected chi connectivity index (χ0v) is 12.3. The molecule has 0 aromatic carbocycles. The van der Waals surface area contributed by atoms with Gasteiger partial charge in [0.15, 0.2) is 0 Å². The third kappa shape index (κ3) is 3.79. The number of primary sulfonamides is 1. The van der Waals surface area contributed by atoms with Crippen LogP contribution < -0.4 is 10.5 Å². The maximum Gasteiger partial charge on any atom is 0.252 e. The third-order valence-electron chi connectivity index (χ3n) is 2.68. The SMILES string of the molecule is CCC(NC(=O)c1csc(S(N)(=O)=O)c1)C(C)C. The minimum atomic E-state index is -3.73. The summed E-state index contributed by atoms with van der Waals surface area (Å²) in [6.07, 6.45) is 0.829. The summed E-state index contributed by atoms with van der Waals surface area (Å²) in [7, 11) is -3.73. The fraction of sp³-hybridized carbons (Fsp3) is 0.545. The second kappa shape index (κ2) is 5.81. The number of amides is 1. The van der Waals surface area contributed by atoms with Crippen molar-refractivity contribution in [3.8, 4) is 0 Å². The van der Waals surface area contributed by atoms with Gasteiger partial charge in [-0.2, -0.15) is 0 Å². The van der Waals surface area contributed by atoms with Gasteiger partial charge in [-0.25, -0.2) is 13.6 Å². The minimum absolute atomic E-state index is 0.00486. The monoisotopic (exact) mass is 290 g/mol. The van der Waals surface area contributed by atoms with Gasteiger partial charge in [0.1, 0.15) is 4.21 Å². The lowest BCUT2D eigenvalue weighted by Gasteiger charge is -2.20. The van der Waals surface area contributed by atoms with Crippen LogP contribution in [0.5, 0.6) is 0 Å². The normalized spacial score (nSPS) is 13.6. The molecule has 0 saturated carbocycles. The lowest BCUT2D eigenvalue weighted by atomic mass is 10.0. The Morgan fingerprint density at radius 3 is 2.50 bits per heavy atom. The van der Waals surface area contributed by atoms with Gasteiger partial charge in [0.2, 0.25) is 10.0 Å². The number of carbonyl (C=O) groups excluding carboxylic acids is 1. The fourth-order valence-electron chi connectivity index (χ4n) is 1.58. The first kappa shape index (κ1) is 15.1. The first-order chi connectivity index (χ1) is 8.25. The molecular weight excluding hydrogens is 272 g/mol. The highest BCUT2D eigenvalue weighted by atomic mass is 32.2. The van der Waals surface area contributed by atoms with Crippen LogP contribution >= 0.6 is 11.3 Å². The number of nitrogens with two attached hydrogens (primary N) is 1. The molecule has 1 unspecified atom stereocenters. The topological polar surface area (TPSA) is 89.3 Å². The average Bonchev–Trinajstić information content (AvgIpc) is 2.73. The highest BCUT2D eigenvalue weighted by molar-refractivity contribution is 7.91. The molecule has 1 atom stereocenters. The van der Waals surface area contributed by atoms with Crippen molar-refractivity contribution in [2.24, 2.45) is 11.1 Å². The van der Waals surface area contributed by atoms with Crippen molar-refractivity contribution < 1.29 is 13.2 Å². The molecule has 0 fully saturated rings. The molecule has 18 heavy (non-hydrogen) atoms. The molecule has 3 N–H and O–H groups in total. The van der Waals surface area contributed by atoms with Gasteiger partial charge in [-0.1, -0.05) is 20.8 Å². The van der Waals surface area contributed by atoms with Crippen LogP contribution in [0.3, 0.4) is 0 Å². The van der Waals surface area contributed by atoms with Crippen molar-refractivity contribution in [2.45, 2.75) is 37.4 Å². The molecule has 0 aliphatic carbocycles. The Morgan fingerprint density at radius 1 is 1.50 bits per heavy atom. The van der Waals surface area contributed by atoms with Gasteiger partial charge in [-0.05, 0) is 18.4 Å². The van der Waals surface area contributed by atoms with E-state index in [2.05, 4.69) is 5.32 Å². The Labute approximate surface area is 111 Å². The number of nitrogens with one attached hydrogen (secondary N) is 1. The Balaban J connectivity index is 2.83. The zero-order valence-electron chi connectivity index (χ0n) is 10.6. The van der Waals surface area contributed by atoms with Gasteiger partial charge in [-0.15, -0.1) is 11.3 Å². The molecular formula is C11H18N2O3S2. The quantitative estimate of drug-likeness (QED) is 0.862. The van der Waals surface area contributed by atoms with Crippen LogP contribution in [0, 0.1) is 5.92 Å². The molecule has 102 valence electrons. The summed E-state index contributed by atoms with van der Waals surface area (Å²) < 4.78 is 22.2. The lowest BCUT2D eigenvalue weighted by molar-refractivity contribution is 0.0925. The van der Waals surface area contributed by atoms with E-state index < -0.39 is 10.0 Å². The number of hydrogen-bond donors (Lipinski definition) is 2. The van der Waals surface area contributed by atoms with Gasteiger partial charge in [0.25, 0.3) is 5.91 Å². The predicted octanol–water partition coefficient (Wildman–Crippen LogP) is 1.56. The fourth-order valence-corrected chi connectivity index (χ4v) is 3.16. The van der Waals surface area contributed by atoms with Crippen molar-refractivity contribution >= 4 is 27.3 Å². The summed E-state index contributed by atoms with van der Waals surface area (Å²) in [5, 5.41) is 9.38. The number of thiophene rings is 1. The van der Waals surface area contributed by atoms with Crippen LogP contribution in [0.15, 0.2) is 15.7 Å². The van der Waals surface area contributed by atoms with Crippen LogP contribution in [0.4, 0.5) is 0 Å². The first-order valence-electron chi connectivity index (χ1n) is 5.68. The van der Waals surface area contributed by atoms with E-state index in [4.69, 9.17) is 5.14 Å². The van der Waals surface area contributed by atoms with Crippen LogP contribution in [0.2, 0.25) is 0 Å². The van der Waals surface area contributed by atoms with E-state index in [0.717, 1.165) is 17.8 Å². The summed E-state index contributed by atoms with van der Waals surface area (Å²) >= 11 is 0.954. The maximum absolute atomic E-state index is 11.9. The van der Waals surface area contributed by atoms with Crippen molar-refractivity contribution in [1.29, 1.82) is 0 Å². The van der Waals surface area contributed by atoms with Crippen LogP contribution in [-0.2, 0) is 10.0 Å². The van der Waals surface area contributed by atoms with Crippen LogP contribution in [0.1, 0.15) is 37.6 Å². The highest BCUT2D eigenvalue weighted by Gasteiger charge is 2.18. The van der Waals surface area contributed by atoms with Gasteiger partial charge in [0.05, 0.1) is 5.56 Å². The third-order valence-corrected chi connectivity index (χ3v) is 5.07. The number of carbonyl (C=O) groups is 1. The van der Waals surface area contributed by atoms with E-state index >= 15 is 0 Å². The molecule has 0 spiro atoms. The largest absolute Gasteiger partial charge is 0.349 e. The Morgan fingerprint density at radius 2 is 2.11 bits per heavy atom. The van der Waals surface area contributed by atoms with E-state index in [0.29, 0.717) is 11.5 Å². The second-order valence-corrected chi connectivity index (χ2v) is 7.13. The number of sulfonamides is 1. The smallest absolute Gasteiger partial charge is 0.252 e. The summed E-state index contributed by atoms with van der Waals surface area (Å²) in [5.74, 6) is 0.0667. The standard InChI is InChI=1S/C11H18N2O3S2/c1-4-9(7(2)3)13-11(14)8-5-10(17-6-8)18(12,15)16/h5-7,9H,4H2,1-3H3,(H,13,14)(H2,12,15,16). The molecule has 7 heteroatoms. The zero-order chi connectivity index (χ0) is 13.9. The molecule has 1 amide bonds. The van der Waals surface area contributed by atoms with Crippen LogP contribution in [-0.4, -0.2) is 20.4 Å². The van der Waals surface area contributed by atoms with Gasteiger partial charge < -0.3 is 5.32 Å². The summed E-state index contributed by atoms with van der Waals surface area (Å²) in [4.78, 5) is 11.9. The lowest BCUT2D eigenvalue weighted by Crippen LogP contribution is -2.37. The second-order valence-electron chi connectivity index (χ2n) is 4.43. The number of rotatable bonds is 5. The summed E-state index contributed by atoms with van der Waals surface area (Å²) in [5.41, 5.74) is 0.336. The van der Waals surface area contributed by atoms with Crippen molar-refractivity contribution in [3.63, 3.8) is 0 Å². The van der Waals surface area contributed by atoms with E-state index in [9.17, 15) is 13.2 Å². The van der Waals surface area contributed by atoms with Crippen molar-refractivity contribution in [3.05, 3.63) is 17.0 Å². The van der Waals surface area contributed by atoms with Crippen LogP contribution in [0.25, 0.3) is 0 Å². The molecule has 1 aromatic rings. The highest BCUT2D eigenvalue weighted by Crippen LogP contribution is 2.19. The molecule has 1 rings (SSSR count). The molecule has 5 nitrogen and oxygen atoms in total. The molecule has 0 radical (unpaired) electrons. The molecule has 0 aliphatic heterocycles. The average molecular weight is 290 g/mol. The molecule has 0 saturated heterocycles. The number of hydrogen-bond acceptors (Lipinski definition) is 4. The van der Waals surface area contributed by atoms with Crippen molar-refractivity contribution in [2.75, 3.05) is 0 Å². The molecule has 0 bridgehead atoms. The molecule has 1 aromatic heterocycles. The van der Waals surface area contributed by atoms with Gasteiger partial charge >= 0.3 is 0 Å². The van der Waals surface area contributed by atoms with Crippen molar-refractivity contribution in [1.82, 2.24) is 5.32 Å². The first-order valence-corrected chi connectivity index (χ1v) is 8.10. The Hall–Kier alpha value is -0.920. The van der Waals surface area contributed by atoms with E-state index in [-0.39, 0.29) is 16.2 Å². The maximum atomic E-state index is 11.9. The van der Waals surface area contributed by atoms with E-state index in [1.54, 1.807) is 0 Å². The van der Waals surface area contributed by atoms with E-state index in [1.807, 2.05) is 20.8 Å².